The first-order valence-corrected chi connectivity index (χ1v) is 7.01. The third kappa shape index (κ3) is 2.52. The molecule has 1 aliphatic rings. The number of likely N-dealkylation sites (N-methyl/N-ethyl adjacent to an activating group) is 1. The molecule has 7 heteroatoms. The minimum atomic E-state index is -0.0430. The Morgan fingerprint density at radius 1 is 1.50 bits per heavy atom. The van der Waals surface area contributed by atoms with Crippen molar-refractivity contribution in [1.29, 1.82) is 0 Å². The van der Waals surface area contributed by atoms with Gasteiger partial charge in [-0.2, -0.15) is 5.10 Å². The number of aromatic nitrogens is 2. The molecule has 1 aromatic carbocycles. The zero-order valence-corrected chi connectivity index (χ0v) is 12.5. The summed E-state index contributed by atoms with van der Waals surface area (Å²) in [5.41, 5.74) is 8.16. The highest BCUT2D eigenvalue weighted by Crippen LogP contribution is 2.32. The van der Waals surface area contributed by atoms with Crippen molar-refractivity contribution in [3.8, 4) is 5.75 Å². The number of carbonyl (C=O) groups excluding carboxylic acids is 1. The molecule has 0 saturated heterocycles. The van der Waals surface area contributed by atoms with Crippen LogP contribution in [0.3, 0.4) is 0 Å². The highest BCUT2D eigenvalue weighted by Gasteiger charge is 2.24. The quantitative estimate of drug-likeness (QED) is 0.868. The van der Waals surface area contributed by atoms with E-state index in [2.05, 4.69) is 10.1 Å². The minimum Gasteiger partial charge on any atom is -0.482 e. The van der Waals surface area contributed by atoms with E-state index in [4.69, 9.17) is 10.5 Å². The molecule has 7 nitrogen and oxygen atoms in total. The Morgan fingerprint density at radius 3 is 3.00 bits per heavy atom. The van der Waals surface area contributed by atoms with Gasteiger partial charge in [-0.3, -0.25) is 4.79 Å². The first-order chi connectivity index (χ1) is 10.6. The van der Waals surface area contributed by atoms with Crippen LogP contribution < -0.4 is 15.4 Å². The summed E-state index contributed by atoms with van der Waals surface area (Å²) in [4.78, 5) is 17.6. The molecule has 0 saturated carbocycles. The average Bonchev–Trinajstić information content (AvgIpc) is 2.82. The summed E-state index contributed by atoms with van der Waals surface area (Å²) in [7, 11) is 0. The number of hydrogen-bond donors (Lipinski definition) is 1. The Kier molecular flexibility index (Phi) is 3.54. The topological polar surface area (TPSA) is 85.7 Å². The van der Waals surface area contributed by atoms with Crippen LogP contribution >= 0.6 is 0 Å². The van der Waals surface area contributed by atoms with Crippen LogP contribution in [0.1, 0.15) is 18.2 Å². The van der Waals surface area contributed by atoms with Gasteiger partial charge < -0.3 is 15.4 Å². The number of anilines is 2. The Labute approximate surface area is 128 Å². The summed E-state index contributed by atoms with van der Waals surface area (Å²) in [6, 6.07) is 5.60. The molecule has 0 radical (unpaired) electrons. The summed E-state index contributed by atoms with van der Waals surface area (Å²) < 4.78 is 6.95. The average molecular weight is 299 g/mol. The lowest BCUT2D eigenvalue weighted by Gasteiger charge is -2.28. The van der Waals surface area contributed by atoms with Gasteiger partial charge in [0.2, 0.25) is 5.95 Å². The zero-order valence-electron chi connectivity index (χ0n) is 12.5. The van der Waals surface area contributed by atoms with Gasteiger partial charge in [-0.25, -0.2) is 9.66 Å². The molecule has 0 bridgehead atoms. The predicted molar refractivity (Wildman–Crippen MR) is 84.3 cm³/mol. The van der Waals surface area contributed by atoms with Crippen LogP contribution in [0.15, 0.2) is 29.5 Å². The van der Waals surface area contributed by atoms with Crippen molar-refractivity contribution in [3.05, 3.63) is 35.7 Å². The van der Waals surface area contributed by atoms with Crippen molar-refractivity contribution in [2.24, 2.45) is 5.10 Å². The van der Waals surface area contributed by atoms with Gasteiger partial charge in [0.25, 0.3) is 5.91 Å². The maximum atomic E-state index is 11.9. The van der Waals surface area contributed by atoms with Crippen molar-refractivity contribution in [2.45, 2.75) is 13.8 Å². The summed E-state index contributed by atoms with van der Waals surface area (Å²) in [6.07, 6.45) is 3.42. The van der Waals surface area contributed by atoms with E-state index in [1.165, 1.54) is 4.68 Å². The molecule has 3 rings (SSSR count). The molecule has 0 spiro atoms. The van der Waals surface area contributed by atoms with E-state index in [1.54, 1.807) is 17.3 Å². The standard InChI is InChI=1S/C15H17N5O2/c1-3-19-12-6-11(4-5-13(12)22-9-14(19)21)7-17-20-8-10(2)18-15(20)16/h4-8H,3,9H2,1-2H3,(H2,16,18). The summed E-state index contributed by atoms with van der Waals surface area (Å²) in [5, 5.41) is 4.28. The Hall–Kier alpha value is -2.83. The normalized spacial score (nSPS) is 14.3. The van der Waals surface area contributed by atoms with E-state index in [1.807, 2.05) is 32.0 Å². The highest BCUT2D eigenvalue weighted by molar-refractivity contribution is 5.99. The van der Waals surface area contributed by atoms with Gasteiger partial charge >= 0.3 is 0 Å². The Morgan fingerprint density at radius 2 is 2.32 bits per heavy atom. The molecule has 2 heterocycles. The number of nitrogen functional groups attached to an aromatic ring is 1. The van der Waals surface area contributed by atoms with E-state index in [0.29, 0.717) is 18.2 Å². The monoisotopic (exact) mass is 299 g/mol. The van der Waals surface area contributed by atoms with E-state index in [9.17, 15) is 4.79 Å². The van der Waals surface area contributed by atoms with Crippen LogP contribution in [-0.2, 0) is 4.79 Å². The van der Waals surface area contributed by atoms with E-state index in [0.717, 1.165) is 16.9 Å². The lowest BCUT2D eigenvalue weighted by atomic mass is 10.1. The molecule has 2 aromatic rings. The van der Waals surface area contributed by atoms with Gasteiger partial charge in [-0.1, -0.05) is 0 Å². The summed E-state index contributed by atoms with van der Waals surface area (Å²) in [5.74, 6) is 0.996. The number of benzene rings is 1. The molecule has 0 atom stereocenters. The summed E-state index contributed by atoms with van der Waals surface area (Å²) in [6.45, 7) is 4.47. The molecule has 114 valence electrons. The second-order valence-electron chi connectivity index (χ2n) is 4.98. The van der Waals surface area contributed by atoms with Crippen molar-refractivity contribution in [1.82, 2.24) is 9.66 Å². The van der Waals surface area contributed by atoms with Crippen molar-refractivity contribution >= 4 is 23.8 Å². The number of hydrogen-bond acceptors (Lipinski definition) is 5. The Bertz CT molecular complexity index is 750. The van der Waals surface area contributed by atoms with E-state index < -0.39 is 0 Å². The lowest BCUT2D eigenvalue weighted by Crippen LogP contribution is -2.38. The van der Waals surface area contributed by atoms with Crippen LogP contribution in [-0.4, -0.2) is 34.9 Å². The number of nitrogens with two attached hydrogens (primary N) is 1. The highest BCUT2D eigenvalue weighted by atomic mass is 16.5. The molecule has 0 fully saturated rings. The van der Waals surface area contributed by atoms with E-state index >= 15 is 0 Å². The van der Waals surface area contributed by atoms with Crippen LogP contribution in [0.25, 0.3) is 0 Å². The molecule has 0 aliphatic carbocycles. The maximum Gasteiger partial charge on any atom is 0.265 e. The number of fused-ring (bicyclic) bond motifs is 1. The third-order valence-corrected chi connectivity index (χ3v) is 3.41. The molecule has 1 aromatic heterocycles. The van der Waals surface area contributed by atoms with Gasteiger partial charge in [0.15, 0.2) is 6.61 Å². The lowest BCUT2D eigenvalue weighted by molar-refractivity contribution is -0.121. The zero-order chi connectivity index (χ0) is 15.7. The molecular weight excluding hydrogens is 282 g/mol. The minimum absolute atomic E-state index is 0.0430. The number of amides is 1. The Balaban J connectivity index is 1.91. The molecule has 2 N–H and O–H groups in total. The van der Waals surface area contributed by atoms with Crippen molar-refractivity contribution in [2.75, 3.05) is 23.8 Å². The molecule has 1 aliphatic heterocycles. The van der Waals surface area contributed by atoms with Gasteiger partial charge in [0, 0.05) is 6.54 Å². The summed E-state index contributed by atoms with van der Waals surface area (Å²) >= 11 is 0. The second kappa shape index (κ2) is 5.51. The van der Waals surface area contributed by atoms with Gasteiger partial charge in [-0.15, -0.1) is 0 Å². The fourth-order valence-corrected chi connectivity index (χ4v) is 2.37. The first-order valence-electron chi connectivity index (χ1n) is 7.01. The van der Waals surface area contributed by atoms with Gasteiger partial charge in [0.05, 0.1) is 23.8 Å². The maximum absolute atomic E-state index is 11.9. The van der Waals surface area contributed by atoms with Crippen LogP contribution in [0.2, 0.25) is 0 Å². The molecule has 0 unspecified atom stereocenters. The van der Waals surface area contributed by atoms with Crippen LogP contribution in [0, 0.1) is 6.92 Å². The molecular formula is C15H17N5O2. The van der Waals surface area contributed by atoms with Crippen molar-refractivity contribution in [3.63, 3.8) is 0 Å². The number of carbonyl (C=O) groups is 1. The largest absolute Gasteiger partial charge is 0.482 e. The fourth-order valence-electron chi connectivity index (χ4n) is 2.37. The van der Waals surface area contributed by atoms with Crippen LogP contribution in [0.4, 0.5) is 11.6 Å². The number of ether oxygens (including phenoxy) is 1. The van der Waals surface area contributed by atoms with Crippen molar-refractivity contribution < 1.29 is 9.53 Å². The SMILES string of the molecule is CCN1C(=O)COc2ccc(C=Nn3cc(C)nc3N)cc21. The first kappa shape index (κ1) is 14.1. The smallest absolute Gasteiger partial charge is 0.265 e. The van der Waals surface area contributed by atoms with Gasteiger partial charge in [-0.05, 0) is 37.6 Å². The van der Waals surface area contributed by atoms with E-state index in [-0.39, 0.29) is 12.5 Å². The fraction of sp³-hybridized carbons (Fsp3) is 0.267. The third-order valence-electron chi connectivity index (χ3n) is 3.41. The van der Waals surface area contributed by atoms with Gasteiger partial charge in [0.1, 0.15) is 5.75 Å². The predicted octanol–water partition coefficient (Wildman–Crippen LogP) is 1.40. The molecule has 1 amide bonds. The number of imidazole rings is 1. The number of rotatable bonds is 3. The second-order valence-corrected chi connectivity index (χ2v) is 4.98. The van der Waals surface area contributed by atoms with Crippen LogP contribution in [0.5, 0.6) is 5.75 Å². The number of nitrogens with zero attached hydrogens (tertiary/aromatic N) is 4. The number of aryl methyl sites for hydroxylation is 1. The molecule has 22 heavy (non-hydrogen) atoms.